The van der Waals surface area contributed by atoms with Gasteiger partial charge in [-0.05, 0) is 68.1 Å². The lowest BCUT2D eigenvalue weighted by Crippen LogP contribution is -2.65. The van der Waals surface area contributed by atoms with Crippen LogP contribution in [0.25, 0.3) is 0 Å². The van der Waals surface area contributed by atoms with Gasteiger partial charge in [-0.2, -0.15) is 0 Å². The van der Waals surface area contributed by atoms with Crippen molar-refractivity contribution in [3.63, 3.8) is 0 Å². The molecule has 0 saturated heterocycles. The van der Waals surface area contributed by atoms with E-state index >= 15 is 0 Å². The Morgan fingerprint density at radius 3 is 2.19 bits per heavy atom. The monoisotopic (exact) mass is 315 g/mol. The first-order chi connectivity index (χ1) is 9.67. The minimum atomic E-state index is -3.23. The molecule has 0 radical (unpaired) electrons. The van der Waals surface area contributed by atoms with Gasteiger partial charge in [0.2, 0.25) is 10.0 Å². The Morgan fingerprint density at radius 1 is 1.05 bits per heavy atom. The van der Waals surface area contributed by atoms with E-state index in [0.29, 0.717) is 29.6 Å². The first-order valence-corrected chi connectivity index (χ1v) is 9.95. The van der Waals surface area contributed by atoms with E-state index < -0.39 is 10.0 Å². The number of nitrogens with one attached hydrogen (secondary N) is 1. The van der Waals surface area contributed by atoms with Crippen molar-refractivity contribution in [3.8, 4) is 0 Å². The summed E-state index contributed by atoms with van der Waals surface area (Å²) >= 11 is 0. The molecule has 21 heavy (non-hydrogen) atoms. The fourth-order valence-corrected chi connectivity index (χ4v) is 7.92. The lowest BCUT2D eigenvalue weighted by Gasteiger charge is -2.65. The molecule has 0 aromatic heterocycles. The van der Waals surface area contributed by atoms with Gasteiger partial charge < -0.3 is 5.11 Å². The Kier molecular flexibility index (Phi) is 3.70. The van der Waals surface area contributed by atoms with Crippen LogP contribution < -0.4 is 4.72 Å². The van der Waals surface area contributed by atoms with Crippen molar-refractivity contribution < 1.29 is 13.5 Å². The van der Waals surface area contributed by atoms with Crippen molar-refractivity contribution in [3.05, 3.63) is 0 Å². The molecule has 4 bridgehead atoms. The summed E-state index contributed by atoms with van der Waals surface area (Å²) in [5, 5.41) is 8.82. The fourth-order valence-electron chi connectivity index (χ4n) is 6.35. The average molecular weight is 315 g/mol. The van der Waals surface area contributed by atoms with Crippen LogP contribution in [0, 0.1) is 16.7 Å². The Morgan fingerprint density at radius 2 is 1.67 bits per heavy atom. The Hall–Kier alpha value is -0.130. The number of rotatable bonds is 6. The molecule has 4 fully saturated rings. The summed E-state index contributed by atoms with van der Waals surface area (Å²) in [6.07, 6.45) is 7.94. The zero-order chi connectivity index (χ0) is 15.4. The summed E-state index contributed by atoms with van der Waals surface area (Å²) < 4.78 is 27.9. The average Bonchev–Trinajstić information content (AvgIpc) is 2.21. The van der Waals surface area contributed by atoms with Crippen LogP contribution in [-0.2, 0) is 10.0 Å². The lowest BCUT2D eigenvalue weighted by atomic mass is 9.43. The van der Waals surface area contributed by atoms with Crippen LogP contribution in [0.2, 0.25) is 0 Å². The largest absolute Gasteiger partial charge is 0.396 e. The number of sulfonamides is 1. The molecule has 2 unspecified atom stereocenters. The smallest absolute Gasteiger partial charge is 0.212 e. The van der Waals surface area contributed by atoms with Gasteiger partial charge in [0, 0.05) is 12.1 Å². The Bertz CT molecular complexity index is 498. The van der Waals surface area contributed by atoms with Crippen molar-refractivity contribution in [2.75, 3.05) is 12.4 Å². The number of hydrogen-bond donors (Lipinski definition) is 2. The second-order valence-electron chi connectivity index (χ2n) is 8.76. The zero-order valence-electron chi connectivity index (χ0n) is 13.3. The molecule has 4 rings (SSSR count). The highest BCUT2D eigenvalue weighted by Crippen LogP contribution is 2.66. The highest BCUT2D eigenvalue weighted by atomic mass is 32.2. The standard InChI is InChI=1S/C16H29NO3S/c1-14-7-13-8-15(2,10-14)12-16(9-13,11-14)17-21(19,20)6-4-3-5-18/h13,17-18H,3-12H2,1-2H3. The van der Waals surface area contributed by atoms with E-state index in [0.717, 1.165) is 19.3 Å². The first kappa shape index (κ1) is 15.8. The van der Waals surface area contributed by atoms with E-state index in [2.05, 4.69) is 18.6 Å². The summed E-state index contributed by atoms with van der Waals surface area (Å²) in [4.78, 5) is 0. The number of hydrogen-bond acceptors (Lipinski definition) is 3. The SMILES string of the molecule is CC12CC3CC(C)(C1)CC(NS(=O)(=O)CCCCO)(C3)C2. The molecule has 0 aromatic carbocycles. The van der Waals surface area contributed by atoms with Gasteiger partial charge >= 0.3 is 0 Å². The van der Waals surface area contributed by atoms with Crippen molar-refractivity contribution in [2.24, 2.45) is 16.7 Å². The summed E-state index contributed by atoms with van der Waals surface area (Å²) in [6, 6.07) is 0. The number of unbranched alkanes of at least 4 members (excludes halogenated alkanes) is 1. The molecule has 4 nitrogen and oxygen atoms in total. The summed E-state index contributed by atoms with van der Waals surface area (Å²) in [7, 11) is -3.23. The summed E-state index contributed by atoms with van der Waals surface area (Å²) in [6.45, 7) is 4.77. The molecule has 2 atom stereocenters. The van der Waals surface area contributed by atoms with E-state index in [-0.39, 0.29) is 17.9 Å². The predicted octanol–water partition coefficient (Wildman–Crippen LogP) is 2.43. The van der Waals surface area contributed by atoms with Crippen LogP contribution in [0.3, 0.4) is 0 Å². The van der Waals surface area contributed by atoms with E-state index in [9.17, 15) is 8.42 Å². The lowest BCUT2D eigenvalue weighted by molar-refractivity contribution is -0.110. The van der Waals surface area contributed by atoms with E-state index in [1.165, 1.54) is 19.3 Å². The van der Waals surface area contributed by atoms with E-state index in [1.54, 1.807) is 0 Å². The molecule has 4 aliphatic carbocycles. The Balaban J connectivity index is 1.76. The third-order valence-electron chi connectivity index (χ3n) is 5.82. The molecule has 0 amide bonds. The second-order valence-corrected chi connectivity index (χ2v) is 10.6. The topological polar surface area (TPSA) is 66.4 Å². The maximum absolute atomic E-state index is 12.4. The van der Waals surface area contributed by atoms with Gasteiger partial charge in [-0.1, -0.05) is 13.8 Å². The van der Waals surface area contributed by atoms with Gasteiger partial charge in [0.15, 0.2) is 0 Å². The van der Waals surface area contributed by atoms with E-state index in [4.69, 9.17) is 5.11 Å². The second kappa shape index (κ2) is 4.93. The predicted molar refractivity (Wildman–Crippen MR) is 83.4 cm³/mol. The van der Waals surface area contributed by atoms with Crippen molar-refractivity contribution in [2.45, 2.75) is 70.8 Å². The van der Waals surface area contributed by atoms with Crippen molar-refractivity contribution in [1.29, 1.82) is 0 Å². The van der Waals surface area contributed by atoms with Crippen LogP contribution in [0.5, 0.6) is 0 Å². The maximum Gasteiger partial charge on any atom is 0.212 e. The third kappa shape index (κ3) is 3.15. The molecule has 4 saturated carbocycles. The van der Waals surface area contributed by atoms with Gasteiger partial charge in [-0.3, -0.25) is 0 Å². The van der Waals surface area contributed by atoms with Crippen molar-refractivity contribution >= 4 is 10.0 Å². The van der Waals surface area contributed by atoms with Gasteiger partial charge in [0.05, 0.1) is 5.75 Å². The molecule has 4 aliphatic rings. The van der Waals surface area contributed by atoms with Gasteiger partial charge in [-0.25, -0.2) is 13.1 Å². The molecule has 2 N–H and O–H groups in total. The molecule has 0 spiro atoms. The normalized spacial score (nSPS) is 45.2. The van der Waals surface area contributed by atoms with Crippen LogP contribution in [0.1, 0.15) is 65.2 Å². The molecule has 0 heterocycles. The van der Waals surface area contributed by atoms with Gasteiger partial charge in [0.1, 0.15) is 0 Å². The molecule has 0 aliphatic heterocycles. The molecular weight excluding hydrogens is 286 g/mol. The molecular formula is C16H29NO3S. The molecule has 5 heteroatoms. The number of aliphatic hydroxyl groups excluding tert-OH is 1. The minimum absolute atomic E-state index is 0.0683. The fraction of sp³-hybridized carbons (Fsp3) is 1.00. The first-order valence-electron chi connectivity index (χ1n) is 8.30. The van der Waals surface area contributed by atoms with Crippen molar-refractivity contribution in [1.82, 2.24) is 4.72 Å². The maximum atomic E-state index is 12.4. The third-order valence-corrected chi connectivity index (χ3v) is 7.39. The van der Waals surface area contributed by atoms with E-state index in [1.807, 2.05) is 0 Å². The quantitative estimate of drug-likeness (QED) is 0.740. The van der Waals surface area contributed by atoms with Crippen LogP contribution in [0.4, 0.5) is 0 Å². The minimum Gasteiger partial charge on any atom is -0.396 e. The summed E-state index contributed by atoms with van der Waals surface area (Å²) in [5.74, 6) is 0.837. The highest BCUT2D eigenvalue weighted by Gasteiger charge is 2.60. The van der Waals surface area contributed by atoms with Crippen LogP contribution in [0.15, 0.2) is 0 Å². The number of aliphatic hydroxyl groups is 1. The van der Waals surface area contributed by atoms with Gasteiger partial charge in [0.25, 0.3) is 0 Å². The zero-order valence-corrected chi connectivity index (χ0v) is 14.1. The van der Waals surface area contributed by atoms with Gasteiger partial charge in [-0.15, -0.1) is 0 Å². The van der Waals surface area contributed by atoms with Crippen LogP contribution >= 0.6 is 0 Å². The highest BCUT2D eigenvalue weighted by molar-refractivity contribution is 7.89. The van der Waals surface area contributed by atoms with Crippen LogP contribution in [-0.4, -0.2) is 31.4 Å². The molecule has 122 valence electrons. The summed E-state index contributed by atoms with van der Waals surface area (Å²) in [5.41, 5.74) is 0.449. The Labute approximate surface area is 128 Å². The molecule has 0 aromatic rings.